The van der Waals surface area contributed by atoms with E-state index in [1.807, 2.05) is 13.8 Å². The highest BCUT2D eigenvalue weighted by Crippen LogP contribution is 2.17. The summed E-state index contributed by atoms with van der Waals surface area (Å²) in [7, 11) is 1.37. The van der Waals surface area contributed by atoms with E-state index < -0.39 is 12.1 Å². The lowest BCUT2D eigenvalue weighted by Gasteiger charge is -2.07. The number of hydrogen-bond donors (Lipinski definition) is 1. The molecule has 1 N–H and O–H groups in total. The number of aromatic nitrogens is 2. The number of carboxylic acids is 1. The molecule has 1 aromatic heterocycles. The van der Waals surface area contributed by atoms with Gasteiger partial charge in [-0.05, 0) is 13.8 Å². The minimum Gasteiger partial charge on any atom is -0.479 e. The van der Waals surface area contributed by atoms with E-state index >= 15 is 0 Å². The van der Waals surface area contributed by atoms with Crippen molar-refractivity contribution < 1.29 is 14.6 Å². The van der Waals surface area contributed by atoms with E-state index in [0.717, 1.165) is 0 Å². The van der Waals surface area contributed by atoms with E-state index in [9.17, 15) is 4.79 Å². The molecule has 0 saturated carbocycles. The summed E-state index contributed by atoms with van der Waals surface area (Å²) in [5.74, 6) is -1.00. The van der Waals surface area contributed by atoms with Crippen LogP contribution in [0.5, 0.6) is 0 Å². The number of rotatable bonds is 4. The van der Waals surface area contributed by atoms with Crippen molar-refractivity contribution in [1.29, 1.82) is 0 Å². The second-order valence-corrected chi connectivity index (χ2v) is 3.30. The van der Waals surface area contributed by atoms with Gasteiger partial charge in [-0.25, -0.2) is 4.79 Å². The highest BCUT2D eigenvalue weighted by Gasteiger charge is 2.20. The zero-order chi connectivity index (χ0) is 10.7. The Balaban J connectivity index is 2.89. The first-order chi connectivity index (χ1) is 6.56. The van der Waals surface area contributed by atoms with Gasteiger partial charge in [0, 0.05) is 24.9 Å². The van der Waals surface area contributed by atoms with E-state index in [2.05, 4.69) is 5.10 Å². The van der Waals surface area contributed by atoms with Crippen molar-refractivity contribution >= 4 is 5.97 Å². The standard InChI is InChI=1S/C9H14N2O3/c1-6(2)11-5-7(4-10-11)8(14-3)9(12)13/h4-6,8H,1-3H3,(H,12,13). The minimum absolute atomic E-state index is 0.218. The SMILES string of the molecule is COC(C(=O)O)c1cnn(C(C)C)c1. The Kier molecular flexibility index (Phi) is 3.24. The summed E-state index contributed by atoms with van der Waals surface area (Å²) in [6, 6.07) is 0.218. The summed E-state index contributed by atoms with van der Waals surface area (Å²) in [6.07, 6.45) is 2.28. The smallest absolute Gasteiger partial charge is 0.337 e. The second-order valence-electron chi connectivity index (χ2n) is 3.30. The first kappa shape index (κ1) is 10.7. The molecular formula is C9H14N2O3. The van der Waals surface area contributed by atoms with E-state index in [4.69, 9.17) is 9.84 Å². The van der Waals surface area contributed by atoms with Crippen LogP contribution in [0.2, 0.25) is 0 Å². The number of ether oxygens (including phenoxy) is 1. The molecule has 0 spiro atoms. The molecule has 1 atom stereocenters. The first-order valence-electron chi connectivity index (χ1n) is 4.36. The third-order valence-electron chi connectivity index (χ3n) is 1.91. The van der Waals surface area contributed by atoms with Crippen molar-refractivity contribution in [2.75, 3.05) is 7.11 Å². The Hall–Kier alpha value is -1.36. The average Bonchev–Trinajstić information content (AvgIpc) is 2.53. The Morgan fingerprint density at radius 1 is 1.64 bits per heavy atom. The van der Waals surface area contributed by atoms with Crippen LogP contribution in [0.1, 0.15) is 31.6 Å². The molecule has 78 valence electrons. The number of carbonyl (C=O) groups is 1. The van der Waals surface area contributed by atoms with Gasteiger partial charge < -0.3 is 9.84 Å². The fourth-order valence-corrected chi connectivity index (χ4v) is 1.15. The van der Waals surface area contributed by atoms with Crippen LogP contribution in [-0.2, 0) is 9.53 Å². The predicted octanol–water partition coefficient (Wildman–Crippen LogP) is 1.24. The molecule has 0 bridgehead atoms. The lowest BCUT2D eigenvalue weighted by Crippen LogP contribution is -2.12. The van der Waals surface area contributed by atoms with Crippen molar-refractivity contribution in [3.63, 3.8) is 0 Å². The Morgan fingerprint density at radius 3 is 2.64 bits per heavy atom. The van der Waals surface area contributed by atoms with Crippen LogP contribution in [0, 0.1) is 0 Å². The van der Waals surface area contributed by atoms with Gasteiger partial charge in [0.25, 0.3) is 0 Å². The van der Waals surface area contributed by atoms with Crippen LogP contribution in [0.4, 0.5) is 0 Å². The fraction of sp³-hybridized carbons (Fsp3) is 0.556. The fourth-order valence-electron chi connectivity index (χ4n) is 1.15. The summed E-state index contributed by atoms with van der Waals surface area (Å²) in [4.78, 5) is 10.7. The van der Waals surface area contributed by atoms with Gasteiger partial charge in [0.05, 0.1) is 6.20 Å². The Bertz CT molecular complexity index is 320. The average molecular weight is 198 g/mol. The maximum atomic E-state index is 10.7. The summed E-state index contributed by atoms with van der Waals surface area (Å²) < 4.78 is 6.54. The van der Waals surface area contributed by atoms with E-state index in [-0.39, 0.29) is 6.04 Å². The lowest BCUT2D eigenvalue weighted by atomic mass is 10.2. The van der Waals surface area contributed by atoms with Crippen LogP contribution in [-0.4, -0.2) is 28.0 Å². The number of aliphatic carboxylic acids is 1. The van der Waals surface area contributed by atoms with Gasteiger partial charge in [0.2, 0.25) is 0 Å². The summed E-state index contributed by atoms with van der Waals surface area (Å²) in [5, 5.41) is 12.9. The maximum Gasteiger partial charge on any atom is 0.337 e. The highest BCUT2D eigenvalue weighted by molar-refractivity contribution is 5.74. The molecule has 5 nitrogen and oxygen atoms in total. The number of carboxylic acid groups (broad SMARTS) is 1. The molecule has 5 heteroatoms. The largest absolute Gasteiger partial charge is 0.479 e. The molecule has 0 aliphatic carbocycles. The Morgan fingerprint density at radius 2 is 2.29 bits per heavy atom. The molecular weight excluding hydrogens is 184 g/mol. The van der Waals surface area contributed by atoms with Gasteiger partial charge in [-0.3, -0.25) is 4.68 Å². The molecule has 0 saturated heterocycles. The van der Waals surface area contributed by atoms with Crippen LogP contribution in [0.3, 0.4) is 0 Å². The van der Waals surface area contributed by atoms with Gasteiger partial charge in [0.1, 0.15) is 0 Å². The highest BCUT2D eigenvalue weighted by atomic mass is 16.5. The maximum absolute atomic E-state index is 10.7. The number of hydrogen-bond acceptors (Lipinski definition) is 3. The molecule has 1 aromatic rings. The molecule has 1 heterocycles. The topological polar surface area (TPSA) is 64.3 Å². The number of nitrogens with zero attached hydrogens (tertiary/aromatic N) is 2. The lowest BCUT2D eigenvalue weighted by molar-refractivity contribution is -0.148. The molecule has 0 aliphatic heterocycles. The zero-order valence-electron chi connectivity index (χ0n) is 8.47. The van der Waals surface area contributed by atoms with Crippen molar-refractivity contribution in [2.24, 2.45) is 0 Å². The van der Waals surface area contributed by atoms with Crippen molar-refractivity contribution in [3.05, 3.63) is 18.0 Å². The monoisotopic (exact) mass is 198 g/mol. The molecule has 0 aromatic carbocycles. The third-order valence-corrected chi connectivity index (χ3v) is 1.91. The molecule has 14 heavy (non-hydrogen) atoms. The number of methoxy groups -OCH3 is 1. The molecule has 1 unspecified atom stereocenters. The summed E-state index contributed by atoms with van der Waals surface area (Å²) in [5.41, 5.74) is 0.564. The molecule has 1 rings (SSSR count). The van der Waals surface area contributed by atoms with Gasteiger partial charge >= 0.3 is 5.97 Å². The molecule has 0 fully saturated rings. The van der Waals surface area contributed by atoms with Crippen molar-refractivity contribution in [3.8, 4) is 0 Å². The van der Waals surface area contributed by atoms with Gasteiger partial charge in [-0.2, -0.15) is 5.10 Å². The van der Waals surface area contributed by atoms with Gasteiger partial charge in [0.15, 0.2) is 6.10 Å². The first-order valence-corrected chi connectivity index (χ1v) is 4.36. The van der Waals surface area contributed by atoms with Crippen LogP contribution >= 0.6 is 0 Å². The van der Waals surface area contributed by atoms with Crippen LogP contribution in [0.25, 0.3) is 0 Å². The van der Waals surface area contributed by atoms with E-state index in [1.54, 1.807) is 10.9 Å². The zero-order valence-corrected chi connectivity index (χ0v) is 8.47. The van der Waals surface area contributed by atoms with Crippen LogP contribution in [0.15, 0.2) is 12.4 Å². The van der Waals surface area contributed by atoms with E-state index in [0.29, 0.717) is 5.56 Å². The minimum atomic E-state index is -1.00. The van der Waals surface area contributed by atoms with Crippen molar-refractivity contribution in [1.82, 2.24) is 9.78 Å². The summed E-state index contributed by atoms with van der Waals surface area (Å²) in [6.45, 7) is 3.94. The normalized spacial score (nSPS) is 13.1. The third kappa shape index (κ3) is 2.11. The predicted molar refractivity (Wildman–Crippen MR) is 50.0 cm³/mol. The summed E-state index contributed by atoms with van der Waals surface area (Å²) >= 11 is 0. The molecule has 0 radical (unpaired) electrons. The van der Waals surface area contributed by atoms with E-state index in [1.165, 1.54) is 13.3 Å². The Labute approximate surface area is 82.3 Å². The van der Waals surface area contributed by atoms with Crippen LogP contribution < -0.4 is 0 Å². The molecule has 0 aliphatic rings. The van der Waals surface area contributed by atoms with Crippen molar-refractivity contribution in [2.45, 2.75) is 26.0 Å². The van der Waals surface area contributed by atoms with Gasteiger partial charge in [-0.15, -0.1) is 0 Å². The second kappa shape index (κ2) is 4.23. The quantitative estimate of drug-likeness (QED) is 0.790. The molecule has 0 amide bonds. The van der Waals surface area contributed by atoms with Gasteiger partial charge in [-0.1, -0.05) is 0 Å².